The molecule has 0 saturated heterocycles. The highest BCUT2D eigenvalue weighted by atomic mass is 19.4. The van der Waals surface area contributed by atoms with Crippen molar-refractivity contribution in [3.05, 3.63) is 11.9 Å². The molecule has 17 heavy (non-hydrogen) atoms. The number of alkyl halides is 3. The van der Waals surface area contributed by atoms with Crippen LogP contribution >= 0.6 is 0 Å². The van der Waals surface area contributed by atoms with Gasteiger partial charge in [0.1, 0.15) is 0 Å². The molecule has 1 N–H and O–H groups in total. The van der Waals surface area contributed by atoms with Crippen LogP contribution < -0.4 is 0 Å². The highest BCUT2D eigenvalue weighted by Gasteiger charge is 2.41. The minimum Gasteiger partial charge on any atom is -0.389 e. The van der Waals surface area contributed by atoms with E-state index in [0.29, 0.717) is 0 Å². The molecule has 1 heterocycles. The van der Waals surface area contributed by atoms with Crippen molar-refractivity contribution in [2.45, 2.75) is 18.8 Å². The first-order valence-corrected chi connectivity index (χ1v) is 4.53. The van der Waals surface area contributed by atoms with Crippen molar-refractivity contribution >= 4 is 5.78 Å². The number of carbonyl (C=O) groups excluding carboxylic acids is 1. The largest absolute Gasteiger partial charge is 0.456 e. The summed E-state index contributed by atoms with van der Waals surface area (Å²) in [7, 11) is 1.36. The van der Waals surface area contributed by atoms with Gasteiger partial charge in [0.2, 0.25) is 0 Å². The maximum Gasteiger partial charge on any atom is 0.456 e. The third-order valence-corrected chi connectivity index (χ3v) is 1.79. The standard InChI is InChI=1S/C8H10F3N3O3/c1-17-4-5(15)2-14-3-6(12-13-14)7(16)8(9,10)11/h3,5,15H,2,4H2,1H3. The van der Waals surface area contributed by atoms with Gasteiger partial charge >= 0.3 is 6.18 Å². The third-order valence-electron chi connectivity index (χ3n) is 1.79. The van der Waals surface area contributed by atoms with Crippen molar-refractivity contribution in [1.29, 1.82) is 0 Å². The molecule has 9 heteroatoms. The zero-order valence-electron chi connectivity index (χ0n) is 8.81. The number of ether oxygens (including phenoxy) is 1. The monoisotopic (exact) mass is 253 g/mol. The summed E-state index contributed by atoms with van der Waals surface area (Å²) in [5.41, 5.74) is -0.804. The summed E-state index contributed by atoms with van der Waals surface area (Å²) < 4.78 is 41.7. The molecule has 0 fully saturated rings. The second-order valence-corrected chi connectivity index (χ2v) is 3.26. The first kappa shape index (κ1) is 13.6. The summed E-state index contributed by atoms with van der Waals surface area (Å²) >= 11 is 0. The van der Waals surface area contributed by atoms with Gasteiger partial charge in [-0.3, -0.25) is 4.79 Å². The maximum atomic E-state index is 12.0. The van der Waals surface area contributed by atoms with Gasteiger partial charge in [0.05, 0.1) is 25.5 Å². The van der Waals surface area contributed by atoms with Crippen LogP contribution in [0.25, 0.3) is 0 Å². The average Bonchev–Trinajstić information content (AvgIpc) is 2.63. The Kier molecular flexibility index (Phi) is 4.18. The van der Waals surface area contributed by atoms with Crippen LogP contribution in [0.5, 0.6) is 0 Å². The number of aliphatic hydroxyl groups excluding tert-OH is 1. The first-order valence-electron chi connectivity index (χ1n) is 4.53. The maximum absolute atomic E-state index is 12.0. The smallest absolute Gasteiger partial charge is 0.389 e. The van der Waals surface area contributed by atoms with E-state index in [4.69, 9.17) is 0 Å². The van der Waals surface area contributed by atoms with Crippen LogP contribution in [0.15, 0.2) is 6.20 Å². The second-order valence-electron chi connectivity index (χ2n) is 3.26. The van der Waals surface area contributed by atoms with Crippen molar-refractivity contribution in [2.75, 3.05) is 13.7 Å². The Morgan fingerprint density at radius 2 is 2.29 bits per heavy atom. The fourth-order valence-electron chi connectivity index (χ4n) is 1.10. The van der Waals surface area contributed by atoms with E-state index in [2.05, 4.69) is 15.0 Å². The molecule has 96 valence electrons. The summed E-state index contributed by atoms with van der Waals surface area (Å²) in [5, 5.41) is 15.7. The summed E-state index contributed by atoms with van der Waals surface area (Å²) in [5.74, 6) is -2.06. The Morgan fingerprint density at radius 3 is 2.82 bits per heavy atom. The van der Waals surface area contributed by atoms with Gasteiger partial charge in [-0.05, 0) is 0 Å². The molecule has 0 aliphatic carbocycles. The molecule has 1 aromatic rings. The Hall–Kier alpha value is -1.48. The van der Waals surface area contributed by atoms with Crippen LogP contribution in [0.1, 0.15) is 10.5 Å². The summed E-state index contributed by atoms with van der Waals surface area (Å²) in [6.07, 6.45) is -5.09. The second kappa shape index (κ2) is 5.23. The number of aromatic nitrogens is 3. The lowest BCUT2D eigenvalue weighted by Gasteiger charge is -2.07. The molecule has 0 amide bonds. The number of Topliss-reactive ketones (excluding diaryl/α,β-unsaturated/α-hetero) is 1. The number of hydrogen-bond donors (Lipinski definition) is 1. The fraction of sp³-hybridized carbons (Fsp3) is 0.625. The molecule has 0 bridgehead atoms. The zero-order valence-corrected chi connectivity index (χ0v) is 8.81. The van der Waals surface area contributed by atoms with Crippen LogP contribution in [0.2, 0.25) is 0 Å². The van der Waals surface area contributed by atoms with Gasteiger partial charge in [-0.2, -0.15) is 13.2 Å². The number of nitrogens with zero attached hydrogens (tertiary/aromatic N) is 3. The predicted octanol–water partition coefficient (Wildman–Crippen LogP) is 0.0304. The molecular formula is C8H10F3N3O3. The van der Waals surface area contributed by atoms with Crippen molar-refractivity contribution in [3.8, 4) is 0 Å². The molecule has 0 aromatic carbocycles. The van der Waals surface area contributed by atoms with Crippen molar-refractivity contribution < 1.29 is 27.8 Å². The van der Waals surface area contributed by atoms with Gasteiger partial charge in [0, 0.05) is 7.11 Å². The molecule has 0 aliphatic heterocycles. The molecular weight excluding hydrogens is 243 g/mol. The summed E-state index contributed by atoms with van der Waals surface area (Å²) in [6.45, 7) is -0.103. The Balaban J connectivity index is 2.69. The third kappa shape index (κ3) is 3.79. The molecule has 0 saturated carbocycles. The lowest BCUT2D eigenvalue weighted by Crippen LogP contribution is -2.23. The highest BCUT2D eigenvalue weighted by Crippen LogP contribution is 2.19. The van der Waals surface area contributed by atoms with E-state index in [0.717, 1.165) is 10.9 Å². The molecule has 0 radical (unpaired) electrons. The SMILES string of the molecule is COCC(O)Cn1cc(C(=O)C(F)(F)F)nn1. The summed E-state index contributed by atoms with van der Waals surface area (Å²) in [6, 6.07) is 0. The Bertz CT molecular complexity index is 391. The number of hydrogen-bond acceptors (Lipinski definition) is 5. The average molecular weight is 253 g/mol. The number of carbonyl (C=O) groups is 1. The molecule has 1 rings (SSSR count). The van der Waals surface area contributed by atoms with Gasteiger partial charge in [-0.15, -0.1) is 5.10 Å². The molecule has 1 unspecified atom stereocenters. The molecule has 6 nitrogen and oxygen atoms in total. The van der Waals surface area contributed by atoms with Crippen LogP contribution in [-0.4, -0.2) is 51.9 Å². The first-order chi connectivity index (χ1) is 7.84. The van der Waals surface area contributed by atoms with Gasteiger partial charge in [-0.25, -0.2) is 4.68 Å². The number of rotatable bonds is 5. The minimum atomic E-state index is -4.98. The van der Waals surface area contributed by atoms with Crippen LogP contribution in [0.3, 0.4) is 0 Å². The highest BCUT2D eigenvalue weighted by molar-refractivity contribution is 5.98. The minimum absolute atomic E-state index is 0.00239. The van der Waals surface area contributed by atoms with E-state index in [9.17, 15) is 23.1 Å². The lowest BCUT2D eigenvalue weighted by molar-refractivity contribution is -0.0888. The van der Waals surface area contributed by atoms with Gasteiger partial charge in [0.25, 0.3) is 5.78 Å². The van der Waals surface area contributed by atoms with E-state index in [1.807, 2.05) is 0 Å². The zero-order chi connectivity index (χ0) is 13.1. The molecule has 1 aromatic heterocycles. The number of aliphatic hydroxyl groups is 1. The molecule has 1 atom stereocenters. The fourth-order valence-corrected chi connectivity index (χ4v) is 1.10. The van der Waals surface area contributed by atoms with E-state index in [1.165, 1.54) is 7.11 Å². The van der Waals surface area contributed by atoms with Crippen molar-refractivity contribution in [1.82, 2.24) is 15.0 Å². The summed E-state index contributed by atoms with van der Waals surface area (Å²) in [4.78, 5) is 10.8. The number of ketones is 1. The Morgan fingerprint density at radius 1 is 1.65 bits per heavy atom. The predicted molar refractivity (Wildman–Crippen MR) is 48.3 cm³/mol. The van der Waals surface area contributed by atoms with E-state index in [-0.39, 0.29) is 13.2 Å². The van der Waals surface area contributed by atoms with E-state index >= 15 is 0 Å². The molecule has 0 spiro atoms. The van der Waals surface area contributed by atoms with Gasteiger partial charge in [-0.1, -0.05) is 5.21 Å². The number of methoxy groups -OCH3 is 1. The van der Waals surface area contributed by atoms with Gasteiger partial charge in [0.15, 0.2) is 5.69 Å². The van der Waals surface area contributed by atoms with Crippen molar-refractivity contribution in [3.63, 3.8) is 0 Å². The lowest BCUT2D eigenvalue weighted by atomic mass is 10.3. The van der Waals surface area contributed by atoms with Crippen LogP contribution in [0.4, 0.5) is 13.2 Å². The van der Waals surface area contributed by atoms with E-state index < -0.39 is 23.8 Å². The van der Waals surface area contributed by atoms with E-state index in [1.54, 1.807) is 0 Å². The normalized spacial score (nSPS) is 13.7. The number of halogens is 3. The van der Waals surface area contributed by atoms with Crippen molar-refractivity contribution in [2.24, 2.45) is 0 Å². The van der Waals surface area contributed by atoms with Gasteiger partial charge < -0.3 is 9.84 Å². The Labute approximate surface area is 94.0 Å². The van der Waals surface area contributed by atoms with Crippen LogP contribution in [0, 0.1) is 0 Å². The quantitative estimate of drug-likeness (QED) is 0.749. The van der Waals surface area contributed by atoms with Crippen LogP contribution in [-0.2, 0) is 11.3 Å². The molecule has 0 aliphatic rings. The topological polar surface area (TPSA) is 77.2 Å².